The van der Waals surface area contributed by atoms with Crippen molar-refractivity contribution >= 4 is 16.8 Å². The molecule has 9 heteroatoms. The van der Waals surface area contributed by atoms with Gasteiger partial charge in [0.15, 0.2) is 0 Å². The van der Waals surface area contributed by atoms with E-state index in [0.717, 1.165) is 52.2 Å². The maximum absolute atomic E-state index is 15.5. The fraction of sp³-hybridized carbons (Fsp3) is 0.417. The Bertz CT molecular complexity index is 1440. The number of aromatic nitrogens is 6. The number of hydrogen-bond donors (Lipinski definition) is 0. The third kappa shape index (κ3) is 3.09. The van der Waals surface area contributed by atoms with Crippen LogP contribution in [0.25, 0.3) is 33.4 Å². The van der Waals surface area contributed by atoms with E-state index in [4.69, 9.17) is 10.1 Å². The summed E-state index contributed by atoms with van der Waals surface area (Å²) in [5, 5.41) is 10.0. The standard InChI is InChI=1S/C24H26FN7O/c1-13-18(11-29(3)27-13)22-17-9-16(19(25)10-20(17)30(4)28-22)23-21-12-31(14(2)33)7-8-32(21)24(26-23)15-5-6-15/h9-11,15H,5-8,12H2,1-4H3. The second-order valence-corrected chi connectivity index (χ2v) is 9.26. The molecule has 1 aromatic carbocycles. The summed E-state index contributed by atoms with van der Waals surface area (Å²) in [5.41, 5.74) is 5.30. The van der Waals surface area contributed by atoms with Gasteiger partial charge in [-0.3, -0.25) is 14.2 Å². The van der Waals surface area contributed by atoms with Gasteiger partial charge in [-0.1, -0.05) is 0 Å². The Morgan fingerprint density at radius 3 is 2.55 bits per heavy atom. The molecule has 6 rings (SSSR count). The van der Waals surface area contributed by atoms with Gasteiger partial charge in [0.2, 0.25) is 5.91 Å². The molecule has 0 N–H and O–H groups in total. The van der Waals surface area contributed by atoms with E-state index in [2.05, 4.69) is 9.67 Å². The smallest absolute Gasteiger partial charge is 0.219 e. The van der Waals surface area contributed by atoms with Crippen LogP contribution in [0.2, 0.25) is 0 Å². The highest BCUT2D eigenvalue weighted by atomic mass is 19.1. The predicted molar refractivity (Wildman–Crippen MR) is 122 cm³/mol. The number of imidazole rings is 1. The van der Waals surface area contributed by atoms with E-state index in [-0.39, 0.29) is 11.7 Å². The van der Waals surface area contributed by atoms with Gasteiger partial charge < -0.3 is 9.47 Å². The van der Waals surface area contributed by atoms with E-state index < -0.39 is 0 Å². The van der Waals surface area contributed by atoms with Crippen molar-refractivity contribution in [2.24, 2.45) is 14.1 Å². The van der Waals surface area contributed by atoms with Gasteiger partial charge in [-0.2, -0.15) is 10.2 Å². The van der Waals surface area contributed by atoms with Crippen LogP contribution in [0.15, 0.2) is 18.3 Å². The average molecular weight is 448 g/mol. The van der Waals surface area contributed by atoms with Gasteiger partial charge in [0.05, 0.1) is 29.1 Å². The van der Waals surface area contributed by atoms with Crippen molar-refractivity contribution in [3.05, 3.63) is 41.4 Å². The van der Waals surface area contributed by atoms with Gasteiger partial charge in [0.1, 0.15) is 17.3 Å². The lowest BCUT2D eigenvalue weighted by Gasteiger charge is -2.28. The Morgan fingerprint density at radius 2 is 1.88 bits per heavy atom. The fourth-order valence-corrected chi connectivity index (χ4v) is 5.02. The van der Waals surface area contributed by atoms with E-state index in [1.165, 1.54) is 0 Å². The van der Waals surface area contributed by atoms with Crippen LogP contribution in [0.4, 0.5) is 4.39 Å². The number of fused-ring (bicyclic) bond motifs is 2. The zero-order chi connectivity index (χ0) is 23.0. The summed E-state index contributed by atoms with van der Waals surface area (Å²) < 4.78 is 21.2. The second-order valence-electron chi connectivity index (χ2n) is 9.26. The van der Waals surface area contributed by atoms with Crippen LogP contribution in [0, 0.1) is 12.7 Å². The SMILES string of the molecule is CC(=O)N1CCn2c(C3CC3)nc(-c3cc4c(-c5cn(C)nc5C)nn(C)c4cc3F)c2C1. The number of carbonyl (C=O) groups excluding carboxylic acids is 1. The maximum atomic E-state index is 15.5. The number of benzene rings is 1. The van der Waals surface area contributed by atoms with Gasteiger partial charge in [0.25, 0.3) is 0 Å². The fourth-order valence-electron chi connectivity index (χ4n) is 5.02. The third-order valence-electron chi connectivity index (χ3n) is 6.89. The quantitative estimate of drug-likeness (QED) is 0.482. The Morgan fingerprint density at radius 1 is 1.09 bits per heavy atom. The Hall–Kier alpha value is -3.49. The van der Waals surface area contributed by atoms with Crippen LogP contribution in [0.1, 0.15) is 42.9 Å². The van der Waals surface area contributed by atoms with Crippen molar-refractivity contribution in [2.75, 3.05) is 6.54 Å². The summed E-state index contributed by atoms with van der Waals surface area (Å²) in [6, 6.07) is 3.41. The van der Waals surface area contributed by atoms with Crippen LogP contribution in [-0.4, -0.2) is 46.5 Å². The molecule has 0 unspecified atom stereocenters. The normalized spacial score (nSPS) is 16.0. The van der Waals surface area contributed by atoms with Gasteiger partial charge in [-0.25, -0.2) is 9.37 Å². The van der Waals surface area contributed by atoms with Gasteiger partial charge in [-0.05, 0) is 25.8 Å². The molecule has 2 aliphatic rings. The molecule has 1 saturated carbocycles. The summed E-state index contributed by atoms with van der Waals surface area (Å²) in [5.74, 6) is 1.15. The van der Waals surface area contributed by atoms with Crippen molar-refractivity contribution in [1.29, 1.82) is 0 Å². The molecule has 1 aliphatic carbocycles. The first-order valence-electron chi connectivity index (χ1n) is 11.3. The number of aryl methyl sites for hydroxylation is 3. The van der Waals surface area contributed by atoms with Crippen molar-refractivity contribution in [3.63, 3.8) is 0 Å². The van der Waals surface area contributed by atoms with E-state index >= 15 is 4.39 Å². The lowest BCUT2D eigenvalue weighted by Crippen LogP contribution is -2.37. The first-order chi connectivity index (χ1) is 15.8. The summed E-state index contributed by atoms with van der Waals surface area (Å²) in [6.07, 6.45) is 4.16. The zero-order valence-electron chi connectivity index (χ0n) is 19.3. The molecular formula is C24H26FN7O. The number of hydrogen-bond acceptors (Lipinski definition) is 4. The molecule has 8 nitrogen and oxygen atoms in total. The second kappa shape index (κ2) is 7.00. The topological polar surface area (TPSA) is 73.8 Å². The Balaban J connectivity index is 1.57. The van der Waals surface area contributed by atoms with Crippen molar-refractivity contribution in [1.82, 2.24) is 34.0 Å². The van der Waals surface area contributed by atoms with E-state index in [1.807, 2.05) is 38.2 Å². The molecular weight excluding hydrogens is 421 g/mol. The molecule has 0 spiro atoms. The van der Waals surface area contributed by atoms with Crippen LogP contribution in [0.3, 0.4) is 0 Å². The zero-order valence-corrected chi connectivity index (χ0v) is 19.3. The number of nitrogens with zero attached hydrogens (tertiary/aromatic N) is 7. The first-order valence-corrected chi connectivity index (χ1v) is 11.3. The Labute approximate surface area is 190 Å². The Kier molecular flexibility index (Phi) is 4.27. The molecule has 0 radical (unpaired) electrons. The largest absolute Gasteiger partial charge is 0.335 e. The monoisotopic (exact) mass is 447 g/mol. The van der Waals surface area contributed by atoms with Crippen LogP contribution < -0.4 is 0 Å². The van der Waals surface area contributed by atoms with Crippen LogP contribution >= 0.6 is 0 Å². The van der Waals surface area contributed by atoms with E-state index in [0.29, 0.717) is 36.8 Å². The minimum atomic E-state index is -0.330. The lowest BCUT2D eigenvalue weighted by molar-refractivity contribution is -0.130. The molecule has 1 amide bonds. The maximum Gasteiger partial charge on any atom is 0.219 e. The average Bonchev–Trinajstić information content (AvgIpc) is 3.37. The van der Waals surface area contributed by atoms with E-state index in [9.17, 15) is 4.79 Å². The minimum absolute atomic E-state index is 0.0268. The minimum Gasteiger partial charge on any atom is -0.335 e. The molecule has 4 heterocycles. The third-order valence-corrected chi connectivity index (χ3v) is 6.89. The predicted octanol–water partition coefficient (Wildman–Crippen LogP) is 3.52. The molecule has 4 aromatic rings. The summed E-state index contributed by atoms with van der Waals surface area (Å²) >= 11 is 0. The molecule has 1 fully saturated rings. The van der Waals surface area contributed by atoms with Crippen LogP contribution in [-0.2, 0) is 32.0 Å². The van der Waals surface area contributed by atoms with Crippen molar-refractivity contribution in [2.45, 2.75) is 45.7 Å². The summed E-state index contributed by atoms with van der Waals surface area (Å²) in [7, 11) is 3.70. The molecule has 1 aliphatic heterocycles. The molecule has 0 atom stereocenters. The number of halogens is 1. The highest BCUT2D eigenvalue weighted by molar-refractivity contribution is 5.96. The summed E-state index contributed by atoms with van der Waals surface area (Å²) in [6.45, 7) is 5.34. The number of carbonyl (C=O) groups is 1. The first kappa shape index (κ1) is 20.1. The van der Waals surface area contributed by atoms with Crippen LogP contribution in [0.5, 0.6) is 0 Å². The highest BCUT2D eigenvalue weighted by Gasteiger charge is 2.34. The lowest BCUT2D eigenvalue weighted by atomic mass is 10.0. The van der Waals surface area contributed by atoms with E-state index in [1.54, 1.807) is 22.4 Å². The molecule has 170 valence electrons. The highest BCUT2D eigenvalue weighted by Crippen LogP contribution is 2.43. The van der Waals surface area contributed by atoms with Crippen molar-refractivity contribution in [3.8, 4) is 22.5 Å². The van der Waals surface area contributed by atoms with Gasteiger partial charge >= 0.3 is 0 Å². The van der Waals surface area contributed by atoms with Gasteiger partial charge in [0, 0.05) is 68.8 Å². The molecule has 33 heavy (non-hydrogen) atoms. The number of rotatable bonds is 3. The summed E-state index contributed by atoms with van der Waals surface area (Å²) in [4.78, 5) is 18.9. The molecule has 3 aromatic heterocycles. The molecule has 0 bridgehead atoms. The van der Waals surface area contributed by atoms with Gasteiger partial charge in [-0.15, -0.1) is 0 Å². The molecule has 0 saturated heterocycles. The number of amides is 1. The van der Waals surface area contributed by atoms with Crippen molar-refractivity contribution < 1.29 is 9.18 Å².